The van der Waals surface area contributed by atoms with Gasteiger partial charge >= 0.3 is 0 Å². The molecule has 4 heteroatoms. The van der Waals surface area contributed by atoms with E-state index in [1.807, 2.05) is 32.8 Å². The topological polar surface area (TPSA) is 40.6 Å². The van der Waals surface area contributed by atoms with Crippen LogP contribution in [0.4, 0.5) is 0 Å². The molecule has 4 nitrogen and oxygen atoms in total. The molecule has 0 saturated carbocycles. The molecule has 1 amide bonds. The lowest BCUT2D eigenvalue weighted by Crippen LogP contribution is -2.20. The molecule has 0 rings (SSSR count). The van der Waals surface area contributed by atoms with Gasteiger partial charge in [0.15, 0.2) is 0 Å². The molecule has 0 aliphatic rings. The minimum atomic E-state index is 0. The van der Waals surface area contributed by atoms with Crippen LogP contribution in [0.3, 0.4) is 0 Å². The monoisotopic (exact) mass is 246 g/mol. The van der Waals surface area contributed by atoms with Gasteiger partial charge in [0, 0.05) is 26.9 Å². The van der Waals surface area contributed by atoms with Crippen LogP contribution in [0.15, 0.2) is 0 Å². The number of likely N-dealkylation sites (N-methyl/N-ethyl adjacent to an activating group) is 1. The number of amides is 1. The van der Waals surface area contributed by atoms with E-state index in [2.05, 4.69) is 0 Å². The molecular formula is C13H30N2O2. The van der Waals surface area contributed by atoms with Crippen molar-refractivity contribution in [2.24, 2.45) is 0 Å². The quantitative estimate of drug-likeness (QED) is 0.745. The normalized spacial score (nSPS) is 8.88. The van der Waals surface area contributed by atoms with Crippen LogP contribution < -0.4 is 0 Å². The second-order valence-corrected chi connectivity index (χ2v) is 4.17. The van der Waals surface area contributed by atoms with E-state index in [-0.39, 0.29) is 13.3 Å². The van der Waals surface area contributed by atoms with Gasteiger partial charge in [0.25, 0.3) is 0 Å². The number of carbonyl (C=O) groups is 2. The van der Waals surface area contributed by atoms with Gasteiger partial charge in [0.1, 0.15) is 5.78 Å². The SMILES string of the molecule is C.CCC(=O)CN(C)C.CCCC(=O)N(C)C. The molecule has 0 spiro atoms. The Morgan fingerprint density at radius 2 is 1.47 bits per heavy atom. The van der Waals surface area contributed by atoms with E-state index in [1.54, 1.807) is 19.0 Å². The maximum atomic E-state index is 10.7. The third kappa shape index (κ3) is 17.7. The van der Waals surface area contributed by atoms with Crippen molar-refractivity contribution in [1.29, 1.82) is 0 Å². The zero-order chi connectivity index (χ0) is 13.1. The molecule has 0 heterocycles. The fourth-order valence-corrected chi connectivity index (χ4v) is 0.902. The molecule has 0 radical (unpaired) electrons. The Morgan fingerprint density at radius 1 is 1.00 bits per heavy atom. The Balaban J connectivity index is -0.000000218. The van der Waals surface area contributed by atoms with Crippen molar-refractivity contribution in [3.8, 4) is 0 Å². The summed E-state index contributed by atoms with van der Waals surface area (Å²) in [7, 11) is 7.34. The van der Waals surface area contributed by atoms with Gasteiger partial charge < -0.3 is 9.80 Å². The predicted octanol–water partition coefficient (Wildman–Crippen LogP) is 2.04. The minimum absolute atomic E-state index is 0. The third-order valence-electron chi connectivity index (χ3n) is 1.85. The largest absolute Gasteiger partial charge is 0.349 e. The summed E-state index contributed by atoms with van der Waals surface area (Å²) in [5, 5.41) is 0. The van der Waals surface area contributed by atoms with E-state index in [4.69, 9.17) is 0 Å². The molecule has 0 aliphatic carbocycles. The van der Waals surface area contributed by atoms with Crippen molar-refractivity contribution >= 4 is 11.7 Å². The lowest BCUT2D eigenvalue weighted by atomic mass is 10.3. The summed E-state index contributed by atoms with van der Waals surface area (Å²) in [6, 6.07) is 0. The van der Waals surface area contributed by atoms with Gasteiger partial charge in [-0.15, -0.1) is 0 Å². The molecule has 0 saturated heterocycles. The predicted molar refractivity (Wildman–Crippen MR) is 74.2 cm³/mol. The molecule has 0 fully saturated rings. The van der Waals surface area contributed by atoms with Gasteiger partial charge in [-0.05, 0) is 20.5 Å². The van der Waals surface area contributed by atoms with Crippen molar-refractivity contribution < 1.29 is 9.59 Å². The summed E-state index contributed by atoms with van der Waals surface area (Å²) >= 11 is 0. The van der Waals surface area contributed by atoms with Crippen LogP contribution in [0.2, 0.25) is 0 Å². The second kappa shape index (κ2) is 13.2. The first kappa shape index (κ1) is 21.4. The van der Waals surface area contributed by atoms with Crippen molar-refractivity contribution in [1.82, 2.24) is 9.80 Å². The maximum absolute atomic E-state index is 10.7. The molecule has 104 valence electrons. The van der Waals surface area contributed by atoms with Gasteiger partial charge in [-0.3, -0.25) is 9.59 Å². The Labute approximate surface area is 107 Å². The first-order valence-electron chi connectivity index (χ1n) is 5.71. The highest BCUT2D eigenvalue weighted by Gasteiger charge is 1.98. The van der Waals surface area contributed by atoms with Crippen LogP contribution >= 0.6 is 0 Å². The van der Waals surface area contributed by atoms with E-state index in [9.17, 15) is 9.59 Å². The van der Waals surface area contributed by atoms with E-state index in [0.29, 0.717) is 25.2 Å². The van der Waals surface area contributed by atoms with Crippen molar-refractivity contribution in [3.63, 3.8) is 0 Å². The molecule has 0 bridgehead atoms. The van der Waals surface area contributed by atoms with E-state index in [0.717, 1.165) is 6.42 Å². The highest BCUT2D eigenvalue weighted by molar-refractivity contribution is 5.79. The molecule has 0 aromatic heterocycles. The summed E-state index contributed by atoms with van der Waals surface area (Å²) in [5.41, 5.74) is 0. The molecule has 0 atom stereocenters. The number of rotatable bonds is 5. The summed E-state index contributed by atoms with van der Waals surface area (Å²) in [4.78, 5) is 24.7. The average molecular weight is 246 g/mol. The number of carbonyl (C=O) groups excluding carboxylic acids is 2. The van der Waals surface area contributed by atoms with Crippen LogP contribution in [0.5, 0.6) is 0 Å². The van der Waals surface area contributed by atoms with Crippen molar-refractivity contribution in [2.75, 3.05) is 34.7 Å². The zero-order valence-corrected chi connectivity index (χ0v) is 11.5. The zero-order valence-electron chi connectivity index (χ0n) is 11.5. The lowest BCUT2D eigenvalue weighted by molar-refractivity contribution is -0.128. The first-order valence-corrected chi connectivity index (χ1v) is 5.71. The highest BCUT2D eigenvalue weighted by Crippen LogP contribution is 1.89. The Kier molecular flexibility index (Phi) is 16.6. The number of nitrogens with zero attached hydrogens (tertiary/aromatic N) is 2. The molecule has 0 aromatic rings. The minimum Gasteiger partial charge on any atom is -0.349 e. The number of hydrogen-bond donors (Lipinski definition) is 0. The molecule has 17 heavy (non-hydrogen) atoms. The van der Waals surface area contributed by atoms with Gasteiger partial charge in [0.2, 0.25) is 5.91 Å². The summed E-state index contributed by atoms with van der Waals surface area (Å²) in [6.07, 6.45) is 2.27. The smallest absolute Gasteiger partial charge is 0.222 e. The van der Waals surface area contributed by atoms with Crippen LogP contribution in [-0.2, 0) is 9.59 Å². The second-order valence-electron chi connectivity index (χ2n) is 4.17. The number of Topliss-reactive ketones (excluding diaryl/α,β-unsaturated/α-hetero) is 1. The summed E-state index contributed by atoms with van der Waals surface area (Å²) in [6.45, 7) is 4.46. The van der Waals surface area contributed by atoms with Crippen LogP contribution in [0.25, 0.3) is 0 Å². The standard InChI is InChI=1S/2C6H13NO.CH4/c1-4-6(8)5-7(2)3;1-4-5-6(8)7(2)3;/h2*4-5H2,1-3H3;1H4. The van der Waals surface area contributed by atoms with E-state index < -0.39 is 0 Å². The summed E-state index contributed by atoms with van der Waals surface area (Å²) < 4.78 is 0. The van der Waals surface area contributed by atoms with E-state index >= 15 is 0 Å². The average Bonchev–Trinajstić information content (AvgIpc) is 2.18. The van der Waals surface area contributed by atoms with Gasteiger partial charge in [-0.2, -0.15) is 0 Å². The molecule has 0 N–H and O–H groups in total. The Bertz CT molecular complexity index is 202. The van der Waals surface area contributed by atoms with E-state index in [1.165, 1.54) is 0 Å². The fraction of sp³-hybridized carbons (Fsp3) is 0.846. The van der Waals surface area contributed by atoms with Crippen LogP contribution in [0.1, 0.15) is 40.5 Å². The van der Waals surface area contributed by atoms with Crippen molar-refractivity contribution in [3.05, 3.63) is 0 Å². The molecule has 0 aliphatic heterocycles. The van der Waals surface area contributed by atoms with Crippen LogP contribution in [0, 0.1) is 0 Å². The maximum Gasteiger partial charge on any atom is 0.222 e. The summed E-state index contributed by atoms with van der Waals surface area (Å²) in [5.74, 6) is 0.516. The number of hydrogen-bond acceptors (Lipinski definition) is 3. The lowest BCUT2D eigenvalue weighted by Gasteiger charge is -2.07. The first-order chi connectivity index (χ1) is 7.34. The van der Waals surface area contributed by atoms with Gasteiger partial charge in [-0.25, -0.2) is 0 Å². The highest BCUT2D eigenvalue weighted by atomic mass is 16.2. The van der Waals surface area contributed by atoms with Crippen molar-refractivity contribution in [2.45, 2.75) is 40.5 Å². The molecule has 0 aromatic carbocycles. The number of ketones is 1. The van der Waals surface area contributed by atoms with Gasteiger partial charge in [-0.1, -0.05) is 21.3 Å². The van der Waals surface area contributed by atoms with Gasteiger partial charge in [0.05, 0.1) is 6.54 Å². The van der Waals surface area contributed by atoms with Crippen LogP contribution in [-0.4, -0.2) is 56.2 Å². The third-order valence-corrected chi connectivity index (χ3v) is 1.85. The Morgan fingerprint density at radius 3 is 1.59 bits per heavy atom. The Hall–Kier alpha value is -0.900. The molecular weight excluding hydrogens is 216 g/mol. The fourth-order valence-electron chi connectivity index (χ4n) is 0.902. The molecule has 0 unspecified atom stereocenters.